The summed E-state index contributed by atoms with van der Waals surface area (Å²) in [6, 6.07) is 7.82. The zero-order valence-electron chi connectivity index (χ0n) is 11.9. The van der Waals surface area contributed by atoms with E-state index < -0.39 is 0 Å². The molecule has 3 rings (SSSR count). The molecule has 21 heavy (non-hydrogen) atoms. The molecular weight excluding hydrogens is 284 g/mol. The van der Waals surface area contributed by atoms with Gasteiger partial charge < -0.3 is 10.5 Å². The van der Waals surface area contributed by atoms with Crippen LogP contribution in [0.25, 0.3) is 0 Å². The molecular formula is C16H18N2O2S. The summed E-state index contributed by atoms with van der Waals surface area (Å²) < 4.78 is 5.64. The van der Waals surface area contributed by atoms with Crippen LogP contribution in [0.1, 0.15) is 52.8 Å². The zero-order chi connectivity index (χ0) is 14.8. The number of para-hydroxylation sites is 1. The number of thiazole rings is 1. The van der Waals surface area contributed by atoms with E-state index in [0.29, 0.717) is 18.7 Å². The smallest absolute Gasteiger partial charge is 0.182 e. The van der Waals surface area contributed by atoms with Crippen molar-refractivity contribution in [2.75, 3.05) is 6.61 Å². The van der Waals surface area contributed by atoms with Crippen molar-refractivity contribution in [3.63, 3.8) is 0 Å². The lowest BCUT2D eigenvalue weighted by molar-refractivity contribution is 0.0961. The number of fused-ring (bicyclic) bond motifs is 1. The maximum Gasteiger partial charge on any atom is 0.182 e. The van der Waals surface area contributed by atoms with E-state index in [1.807, 2.05) is 36.6 Å². The van der Waals surface area contributed by atoms with Crippen molar-refractivity contribution in [3.05, 3.63) is 45.9 Å². The summed E-state index contributed by atoms with van der Waals surface area (Å²) in [5.74, 6) is 1.19. The summed E-state index contributed by atoms with van der Waals surface area (Å²) in [6.45, 7) is 2.54. The number of carbonyl (C=O) groups excluding carboxylic acids is 1. The minimum atomic E-state index is -0.125. The van der Waals surface area contributed by atoms with Gasteiger partial charge in [0.25, 0.3) is 0 Å². The molecule has 1 aliphatic heterocycles. The van der Waals surface area contributed by atoms with Crippen LogP contribution in [0, 0.1) is 0 Å². The van der Waals surface area contributed by atoms with Crippen molar-refractivity contribution in [1.29, 1.82) is 0 Å². The van der Waals surface area contributed by atoms with Crippen molar-refractivity contribution < 1.29 is 9.53 Å². The number of hydrogen-bond donors (Lipinski definition) is 1. The number of carbonyl (C=O) groups is 1. The maximum absolute atomic E-state index is 12.4. The van der Waals surface area contributed by atoms with Crippen molar-refractivity contribution in [3.8, 4) is 5.75 Å². The van der Waals surface area contributed by atoms with E-state index in [1.54, 1.807) is 0 Å². The zero-order valence-corrected chi connectivity index (χ0v) is 12.7. The molecule has 0 saturated carbocycles. The number of aromatic nitrogens is 1. The largest absolute Gasteiger partial charge is 0.493 e. The van der Waals surface area contributed by atoms with Crippen LogP contribution in [0.3, 0.4) is 0 Å². The van der Waals surface area contributed by atoms with Crippen LogP contribution in [-0.2, 0) is 0 Å². The summed E-state index contributed by atoms with van der Waals surface area (Å²) in [5, 5.41) is 2.62. The first-order chi connectivity index (χ1) is 10.1. The minimum absolute atomic E-state index is 0.0832. The van der Waals surface area contributed by atoms with Gasteiger partial charge in [-0.25, -0.2) is 4.98 Å². The highest BCUT2D eigenvalue weighted by Gasteiger charge is 2.25. The summed E-state index contributed by atoms with van der Waals surface area (Å²) >= 11 is 1.45. The van der Waals surface area contributed by atoms with E-state index in [4.69, 9.17) is 10.5 Å². The van der Waals surface area contributed by atoms with Crippen LogP contribution in [0.2, 0.25) is 0 Å². The Morgan fingerprint density at radius 3 is 3.10 bits per heavy atom. The molecule has 110 valence electrons. The number of nitrogens with zero attached hydrogens (tertiary/aromatic N) is 1. The molecule has 0 aliphatic carbocycles. The van der Waals surface area contributed by atoms with Gasteiger partial charge in [-0.3, -0.25) is 4.79 Å². The SMILES string of the molecule is CC(N)c1nc(C(=O)CC2CCOc3ccccc32)cs1. The standard InChI is InChI=1S/C16H18N2O2S/c1-10(17)16-18-13(9-21-16)14(19)8-11-6-7-20-15-5-3-2-4-12(11)15/h2-5,9-11H,6-8,17H2,1H3. The number of benzene rings is 1. The Labute approximate surface area is 128 Å². The molecule has 1 aromatic heterocycles. The first-order valence-corrected chi connectivity index (χ1v) is 7.99. The summed E-state index contributed by atoms with van der Waals surface area (Å²) in [4.78, 5) is 16.8. The average Bonchev–Trinajstić information content (AvgIpc) is 2.98. The Balaban J connectivity index is 1.76. The topological polar surface area (TPSA) is 65.2 Å². The van der Waals surface area contributed by atoms with Gasteiger partial charge in [0.15, 0.2) is 5.78 Å². The number of nitrogens with two attached hydrogens (primary N) is 1. The van der Waals surface area contributed by atoms with E-state index in [2.05, 4.69) is 4.98 Å². The van der Waals surface area contributed by atoms with E-state index in [1.165, 1.54) is 11.3 Å². The predicted molar refractivity (Wildman–Crippen MR) is 83.0 cm³/mol. The van der Waals surface area contributed by atoms with Crippen LogP contribution in [-0.4, -0.2) is 17.4 Å². The normalized spacial score (nSPS) is 18.7. The van der Waals surface area contributed by atoms with Crippen LogP contribution in [0.15, 0.2) is 29.6 Å². The monoisotopic (exact) mass is 302 g/mol. The fourth-order valence-electron chi connectivity index (χ4n) is 2.58. The number of ether oxygens (including phenoxy) is 1. The number of rotatable bonds is 4. The van der Waals surface area contributed by atoms with Gasteiger partial charge in [-0.15, -0.1) is 11.3 Å². The van der Waals surface area contributed by atoms with Crippen LogP contribution in [0.4, 0.5) is 0 Å². The molecule has 2 atom stereocenters. The second kappa shape index (κ2) is 5.95. The first kappa shape index (κ1) is 14.2. The highest BCUT2D eigenvalue weighted by molar-refractivity contribution is 7.09. The number of ketones is 1. The van der Waals surface area contributed by atoms with Gasteiger partial charge >= 0.3 is 0 Å². The molecule has 2 heterocycles. The van der Waals surface area contributed by atoms with Crippen molar-refractivity contribution in [2.24, 2.45) is 5.73 Å². The molecule has 2 N–H and O–H groups in total. The second-order valence-electron chi connectivity index (χ2n) is 5.36. The predicted octanol–water partition coefficient (Wildman–Crippen LogP) is 3.30. The quantitative estimate of drug-likeness (QED) is 0.880. The fraction of sp³-hybridized carbons (Fsp3) is 0.375. The molecule has 1 aromatic carbocycles. The lowest BCUT2D eigenvalue weighted by Crippen LogP contribution is -2.17. The average molecular weight is 302 g/mol. The molecule has 0 fully saturated rings. The third-order valence-corrected chi connectivity index (χ3v) is 4.76. The lowest BCUT2D eigenvalue weighted by atomic mass is 9.88. The molecule has 0 amide bonds. The lowest BCUT2D eigenvalue weighted by Gasteiger charge is -2.25. The van der Waals surface area contributed by atoms with Gasteiger partial charge in [-0.2, -0.15) is 0 Å². The van der Waals surface area contributed by atoms with Gasteiger partial charge in [-0.05, 0) is 30.9 Å². The Bertz CT molecular complexity index is 651. The summed E-state index contributed by atoms with van der Waals surface area (Å²) in [7, 11) is 0. The van der Waals surface area contributed by atoms with E-state index in [0.717, 1.165) is 22.7 Å². The third-order valence-electron chi connectivity index (χ3n) is 3.71. The van der Waals surface area contributed by atoms with Crippen molar-refractivity contribution in [2.45, 2.75) is 31.7 Å². The minimum Gasteiger partial charge on any atom is -0.493 e. The molecule has 2 aromatic rings. The molecule has 0 bridgehead atoms. The maximum atomic E-state index is 12.4. The molecule has 0 radical (unpaired) electrons. The Hall–Kier alpha value is -1.72. The molecule has 0 spiro atoms. The molecule has 0 saturated heterocycles. The highest BCUT2D eigenvalue weighted by Crippen LogP contribution is 2.36. The Morgan fingerprint density at radius 1 is 1.52 bits per heavy atom. The van der Waals surface area contributed by atoms with Crippen molar-refractivity contribution in [1.82, 2.24) is 4.98 Å². The summed E-state index contributed by atoms with van der Waals surface area (Å²) in [6.07, 6.45) is 1.34. The highest BCUT2D eigenvalue weighted by atomic mass is 32.1. The number of Topliss-reactive ketones (excluding diaryl/α,β-unsaturated/α-hetero) is 1. The first-order valence-electron chi connectivity index (χ1n) is 7.11. The summed E-state index contributed by atoms with van der Waals surface area (Å²) in [5.41, 5.74) is 7.46. The van der Waals surface area contributed by atoms with Gasteiger partial charge in [0.2, 0.25) is 0 Å². The van der Waals surface area contributed by atoms with E-state index in [-0.39, 0.29) is 17.7 Å². The van der Waals surface area contributed by atoms with Crippen LogP contribution < -0.4 is 10.5 Å². The van der Waals surface area contributed by atoms with Crippen molar-refractivity contribution >= 4 is 17.1 Å². The van der Waals surface area contributed by atoms with Gasteiger partial charge in [0.1, 0.15) is 16.5 Å². The van der Waals surface area contributed by atoms with Gasteiger partial charge in [0.05, 0.1) is 12.6 Å². The fourth-order valence-corrected chi connectivity index (χ4v) is 3.36. The van der Waals surface area contributed by atoms with Gasteiger partial charge in [0, 0.05) is 11.8 Å². The Morgan fingerprint density at radius 2 is 2.33 bits per heavy atom. The second-order valence-corrected chi connectivity index (χ2v) is 6.25. The number of hydrogen-bond acceptors (Lipinski definition) is 5. The molecule has 5 heteroatoms. The molecule has 1 aliphatic rings. The van der Waals surface area contributed by atoms with Crippen LogP contribution in [0.5, 0.6) is 5.75 Å². The molecule has 2 unspecified atom stereocenters. The van der Waals surface area contributed by atoms with Crippen LogP contribution >= 0.6 is 11.3 Å². The molecule has 4 nitrogen and oxygen atoms in total. The van der Waals surface area contributed by atoms with Gasteiger partial charge in [-0.1, -0.05) is 18.2 Å². The third kappa shape index (κ3) is 2.99. The Kier molecular flexibility index (Phi) is 4.03. The van der Waals surface area contributed by atoms with E-state index in [9.17, 15) is 4.79 Å². The van der Waals surface area contributed by atoms with E-state index >= 15 is 0 Å².